The molecule has 0 saturated carbocycles. The molecule has 0 heterocycles. The smallest absolute Gasteiger partial charge is 0.309 e. The van der Waals surface area contributed by atoms with E-state index in [9.17, 15) is 14.3 Å². The van der Waals surface area contributed by atoms with Crippen LogP contribution in [-0.4, -0.2) is 23.3 Å². The van der Waals surface area contributed by atoms with E-state index in [1.807, 2.05) is 0 Å². The van der Waals surface area contributed by atoms with Crippen LogP contribution >= 0.6 is 15.9 Å². The third kappa shape index (κ3) is 2.75. The van der Waals surface area contributed by atoms with Crippen LogP contribution < -0.4 is 4.74 Å². The van der Waals surface area contributed by atoms with E-state index in [1.165, 1.54) is 27.0 Å². The van der Waals surface area contributed by atoms with E-state index in [0.717, 1.165) is 0 Å². The van der Waals surface area contributed by atoms with Gasteiger partial charge in [0.25, 0.3) is 0 Å². The molecular weight excluding hydrogens is 307 g/mol. The maximum absolute atomic E-state index is 13.7. The quantitative estimate of drug-likeness (QED) is 0.895. The zero-order valence-electron chi connectivity index (χ0n) is 10.3. The Labute approximate surface area is 113 Å². The zero-order valence-corrected chi connectivity index (χ0v) is 11.8. The Bertz CT molecular complexity index is 485. The molecule has 18 heavy (non-hydrogen) atoms. The number of carboxylic acid groups (broad SMARTS) is 1. The summed E-state index contributed by atoms with van der Waals surface area (Å²) in [5.74, 6) is -2.61. The number of phenols is 1. The molecule has 2 N–H and O–H groups in total. The zero-order chi connectivity index (χ0) is 14.1. The van der Waals surface area contributed by atoms with Crippen molar-refractivity contribution in [1.29, 1.82) is 0 Å². The van der Waals surface area contributed by atoms with Crippen molar-refractivity contribution >= 4 is 21.9 Å². The van der Waals surface area contributed by atoms with Crippen LogP contribution in [0.2, 0.25) is 0 Å². The lowest BCUT2D eigenvalue weighted by Gasteiger charge is -2.20. The van der Waals surface area contributed by atoms with Crippen LogP contribution in [0.1, 0.15) is 19.4 Å². The molecule has 0 bridgehead atoms. The lowest BCUT2D eigenvalue weighted by Crippen LogP contribution is -2.26. The number of carboxylic acids is 1. The largest absolute Gasteiger partial charge is 0.505 e. The van der Waals surface area contributed by atoms with E-state index in [4.69, 9.17) is 9.84 Å². The molecule has 0 spiro atoms. The van der Waals surface area contributed by atoms with E-state index in [0.29, 0.717) is 4.47 Å². The third-order valence-electron chi connectivity index (χ3n) is 2.64. The van der Waals surface area contributed by atoms with Crippen molar-refractivity contribution in [2.45, 2.75) is 20.3 Å². The summed E-state index contributed by atoms with van der Waals surface area (Å²) < 4.78 is 18.9. The maximum Gasteiger partial charge on any atom is 0.309 e. The summed E-state index contributed by atoms with van der Waals surface area (Å²) in [6.45, 7) is 3.01. The monoisotopic (exact) mass is 320 g/mol. The first-order valence-electron chi connectivity index (χ1n) is 5.18. The van der Waals surface area contributed by atoms with Crippen molar-refractivity contribution in [1.82, 2.24) is 0 Å². The highest BCUT2D eigenvalue weighted by molar-refractivity contribution is 9.10. The fourth-order valence-corrected chi connectivity index (χ4v) is 2.13. The molecule has 0 aliphatic rings. The molecule has 4 nitrogen and oxygen atoms in total. The molecule has 0 amide bonds. The van der Waals surface area contributed by atoms with Crippen LogP contribution in [-0.2, 0) is 11.2 Å². The summed E-state index contributed by atoms with van der Waals surface area (Å²) in [6.07, 6.45) is 0.00762. The third-order valence-corrected chi connectivity index (χ3v) is 3.23. The van der Waals surface area contributed by atoms with Gasteiger partial charge in [-0.2, -0.15) is 4.39 Å². The number of halogens is 2. The normalized spacial score (nSPS) is 11.4. The summed E-state index contributed by atoms with van der Waals surface area (Å²) in [5.41, 5.74) is -0.884. The SMILES string of the molecule is COc1c(Br)cc(CC(C)(C)C(=O)O)c(O)c1F. The van der Waals surface area contributed by atoms with Crippen LogP contribution in [0.5, 0.6) is 11.5 Å². The Morgan fingerprint density at radius 1 is 1.56 bits per heavy atom. The van der Waals surface area contributed by atoms with E-state index in [2.05, 4.69) is 15.9 Å². The Balaban J connectivity index is 3.24. The number of benzene rings is 1. The minimum atomic E-state index is -1.10. The van der Waals surface area contributed by atoms with Gasteiger partial charge < -0.3 is 14.9 Å². The highest BCUT2D eigenvalue weighted by Gasteiger charge is 2.30. The number of aliphatic carboxylic acids is 1. The molecule has 0 aliphatic heterocycles. The van der Waals surface area contributed by atoms with Crippen molar-refractivity contribution in [3.63, 3.8) is 0 Å². The van der Waals surface area contributed by atoms with E-state index < -0.39 is 23.0 Å². The van der Waals surface area contributed by atoms with Gasteiger partial charge in [0.2, 0.25) is 5.82 Å². The average molecular weight is 321 g/mol. The summed E-state index contributed by atoms with van der Waals surface area (Å²) in [4.78, 5) is 11.0. The second kappa shape index (κ2) is 5.14. The minimum absolute atomic E-state index is 0.00762. The van der Waals surface area contributed by atoms with Crippen LogP contribution in [0, 0.1) is 11.2 Å². The van der Waals surface area contributed by atoms with Crippen molar-refractivity contribution in [3.05, 3.63) is 21.9 Å². The predicted molar refractivity (Wildman–Crippen MR) is 67.4 cm³/mol. The Hall–Kier alpha value is -1.30. The number of hydrogen-bond donors (Lipinski definition) is 2. The van der Waals surface area contributed by atoms with Gasteiger partial charge in [0.15, 0.2) is 11.5 Å². The number of ether oxygens (including phenoxy) is 1. The van der Waals surface area contributed by atoms with Gasteiger partial charge >= 0.3 is 5.97 Å². The number of phenolic OH excluding ortho intramolecular Hbond substituents is 1. The summed E-state index contributed by atoms with van der Waals surface area (Å²) in [6, 6.07) is 1.46. The number of carbonyl (C=O) groups is 1. The highest BCUT2D eigenvalue weighted by Crippen LogP contribution is 2.38. The molecule has 0 fully saturated rings. The second-order valence-electron chi connectivity index (χ2n) is 4.58. The Morgan fingerprint density at radius 2 is 2.11 bits per heavy atom. The van der Waals surface area contributed by atoms with Gasteiger partial charge in [-0.15, -0.1) is 0 Å². The fourth-order valence-electron chi connectivity index (χ4n) is 1.51. The van der Waals surface area contributed by atoms with E-state index in [1.54, 1.807) is 0 Å². The molecule has 6 heteroatoms. The van der Waals surface area contributed by atoms with E-state index >= 15 is 0 Å². The first-order chi connectivity index (χ1) is 8.20. The maximum atomic E-state index is 13.7. The summed E-state index contributed by atoms with van der Waals surface area (Å²) in [7, 11) is 1.28. The fraction of sp³-hybridized carbons (Fsp3) is 0.417. The van der Waals surface area contributed by atoms with Gasteiger partial charge in [0.1, 0.15) is 0 Å². The molecule has 0 aromatic heterocycles. The number of aromatic hydroxyl groups is 1. The molecule has 0 aliphatic carbocycles. The second-order valence-corrected chi connectivity index (χ2v) is 5.43. The van der Waals surface area contributed by atoms with Gasteiger partial charge in [-0.3, -0.25) is 4.79 Å². The lowest BCUT2D eigenvalue weighted by molar-refractivity contribution is -0.146. The van der Waals surface area contributed by atoms with Crippen LogP contribution in [0.4, 0.5) is 4.39 Å². The first kappa shape index (κ1) is 14.8. The topological polar surface area (TPSA) is 66.8 Å². The standard InChI is InChI=1S/C12H14BrFO4/c1-12(2,11(16)17)5-6-4-7(13)10(18-3)8(14)9(6)15/h4,15H,5H2,1-3H3,(H,16,17). The highest BCUT2D eigenvalue weighted by atomic mass is 79.9. The molecular formula is C12H14BrFO4. The average Bonchev–Trinajstić information content (AvgIpc) is 2.25. The number of methoxy groups -OCH3 is 1. The van der Waals surface area contributed by atoms with Crippen molar-refractivity contribution in [2.24, 2.45) is 5.41 Å². The van der Waals surface area contributed by atoms with E-state index in [-0.39, 0.29) is 17.7 Å². The van der Waals surface area contributed by atoms with Gasteiger partial charge in [0, 0.05) is 0 Å². The minimum Gasteiger partial charge on any atom is -0.505 e. The van der Waals surface area contributed by atoms with Crippen LogP contribution in [0.3, 0.4) is 0 Å². The molecule has 1 rings (SSSR count). The first-order valence-corrected chi connectivity index (χ1v) is 5.97. The summed E-state index contributed by atoms with van der Waals surface area (Å²) in [5, 5.41) is 18.7. The van der Waals surface area contributed by atoms with Gasteiger partial charge in [-0.05, 0) is 47.8 Å². The molecule has 0 radical (unpaired) electrons. The van der Waals surface area contributed by atoms with Crippen molar-refractivity contribution in [2.75, 3.05) is 7.11 Å². The van der Waals surface area contributed by atoms with Crippen LogP contribution in [0.25, 0.3) is 0 Å². The Morgan fingerprint density at radius 3 is 2.56 bits per heavy atom. The van der Waals surface area contributed by atoms with Crippen LogP contribution in [0.15, 0.2) is 10.5 Å². The molecule has 1 aromatic rings. The molecule has 100 valence electrons. The number of hydrogen-bond acceptors (Lipinski definition) is 3. The Kier molecular flexibility index (Phi) is 4.21. The molecule has 0 atom stereocenters. The summed E-state index contributed by atoms with van der Waals surface area (Å²) >= 11 is 3.11. The molecule has 0 unspecified atom stereocenters. The van der Waals surface area contributed by atoms with Crippen molar-refractivity contribution < 1.29 is 24.1 Å². The van der Waals surface area contributed by atoms with Gasteiger partial charge in [-0.1, -0.05) is 0 Å². The van der Waals surface area contributed by atoms with Gasteiger partial charge in [-0.25, -0.2) is 0 Å². The number of rotatable bonds is 4. The predicted octanol–water partition coefficient (Wildman–Crippen LogP) is 2.96. The lowest BCUT2D eigenvalue weighted by atomic mass is 9.85. The molecule has 1 aromatic carbocycles. The van der Waals surface area contributed by atoms with Crippen molar-refractivity contribution in [3.8, 4) is 11.5 Å². The molecule has 0 saturated heterocycles. The van der Waals surface area contributed by atoms with Gasteiger partial charge in [0.05, 0.1) is 17.0 Å².